The van der Waals surface area contributed by atoms with E-state index in [1.807, 2.05) is 30.3 Å². The highest BCUT2D eigenvalue weighted by atomic mass is 16.2. The molecule has 160 valence electrons. The van der Waals surface area contributed by atoms with Crippen molar-refractivity contribution < 1.29 is 9.59 Å². The Balaban J connectivity index is 1.50. The number of anilines is 2. The van der Waals surface area contributed by atoms with Crippen LogP contribution in [0.15, 0.2) is 78.9 Å². The zero-order valence-electron chi connectivity index (χ0n) is 17.0. The molecule has 4 aromatic rings. The molecule has 0 saturated heterocycles. The van der Waals surface area contributed by atoms with Crippen LogP contribution in [0, 0.1) is 0 Å². The van der Waals surface area contributed by atoms with Crippen LogP contribution in [0.1, 0.15) is 15.9 Å². The number of benzene rings is 3. The van der Waals surface area contributed by atoms with Gasteiger partial charge in [-0.1, -0.05) is 42.5 Å². The van der Waals surface area contributed by atoms with Gasteiger partial charge >= 0.3 is 0 Å². The summed E-state index contributed by atoms with van der Waals surface area (Å²) in [5.74, 6) is -0.182. The number of nitrogen functional groups attached to an aromatic ring is 1. The lowest BCUT2D eigenvalue weighted by molar-refractivity contribution is -0.118. The van der Waals surface area contributed by atoms with Gasteiger partial charge in [0.15, 0.2) is 5.82 Å². The maximum atomic E-state index is 13.0. The summed E-state index contributed by atoms with van der Waals surface area (Å²) in [5, 5.41) is 19.3. The smallest absolute Gasteiger partial charge is 0.251 e. The zero-order valence-corrected chi connectivity index (χ0v) is 17.0. The summed E-state index contributed by atoms with van der Waals surface area (Å²) in [7, 11) is 0. The predicted octanol–water partition coefficient (Wildman–Crippen LogP) is 2.43. The summed E-state index contributed by atoms with van der Waals surface area (Å²) in [6.07, 6.45) is 0.342. The first-order chi connectivity index (χ1) is 15.6. The normalized spacial score (nSPS) is 11.5. The molecule has 9 heteroatoms. The van der Waals surface area contributed by atoms with E-state index in [1.54, 1.807) is 48.5 Å². The molecule has 9 nitrogen and oxygen atoms in total. The number of aromatic amines is 1. The molecule has 2 amide bonds. The standard InChI is InChI=1S/C23H21N7O2/c24-18-10-12-19(13-11-18)25-23(32)20(14-15-4-2-1-3-5-15)26-22(31)17-8-6-16(7-9-17)21-27-29-30-28-21/h1-13,20H,14,24H2,(H,25,32)(H,26,31)(H,27,28,29,30)/t20-/m0/s1. The second-order valence-corrected chi connectivity index (χ2v) is 7.15. The van der Waals surface area contributed by atoms with E-state index >= 15 is 0 Å². The minimum absolute atomic E-state index is 0.323. The maximum Gasteiger partial charge on any atom is 0.251 e. The van der Waals surface area contributed by atoms with Crippen molar-refractivity contribution in [3.8, 4) is 11.4 Å². The van der Waals surface area contributed by atoms with Gasteiger partial charge in [0.2, 0.25) is 5.91 Å². The van der Waals surface area contributed by atoms with Crippen molar-refractivity contribution in [1.29, 1.82) is 0 Å². The second-order valence-electron chi connectivity index (χ2n) is 7.15. The molecule has 0 unspecified atom stereocenters. The van der Waals surface area contributed by atoms with Gasteiger partial charge in [-0.25, -0.2) is 5.10 Å². The molecule has 0 saturated carbocycles. The maximum absolute atomic E-state index is 13.0. The van der Waals surface area contributed by atoms with Crippen molar-refractivity contribution in [3.63, 3.8) is 0 Å². The number of carbonyl (C=O) groups is 2. The molecule has 4 rings (SSSR count). The van der Waals surface area contributed by atoms with E-state index in [1.165, 1.54) is 0 Å². The van der Waals surface area contributed by atoms with Gasteiger partial charge in [0.1, 0.15) is 6.04 Å². The number of H-pyrrole nitrogens is 1. The molecular weight excluding hydrogens is 406 g/mol. The van der Waals surface area contributed by atoms with Crippen LogP contribution in [0.25, 0.3) is 11.4 Å². The Hall–Kier alpha value is -4.53. The van der Waals surface area contributed by atoms with Crippen LogP contribution in [0.3, 0.4) is 0 Å². The van der Waals surface area contributed by atoms with E-state index in [0.29, 0.717) is 29.2 Å². The highest BCUT2D eigenvalue weighted by Gasteiger charge is 2.22. The molecule has 32 heavy (non-hydrogen) atoms. The van der Waals surface area contributed by atoms with Crippen LogP contribution in [-0.4, -0.2) is 38.5 Å². The van der Waals surface area contributed by atoms with Crippen LogP contribution in [0.5, 0.6) is 0 Å². The van der Waals surface area contributed by atoms with Crippen molar-refractivity contribution in [2.75, 3.05) is 11.1 Å². The molecule has 1 aromatic heterocycles. The van der Waals surface area contributed by atoms with Crippen molar-refractivity contribution >= 4 is 23.2 Å². The lowest BCUT2D eigenvalue weighted by atomic mass is 10.0. The van der Waals surface area contributed by atoms with Crippen LogP contribution >= 0.6 is 0 Å². The number of carbonyl (C=O) groups excluding carboxylic acids is 2. The van der Waals surface area contributed by atoms with Gasteiger partial charge in [-0.2, -0.15) is 0 Å². The summed E-state index contributed by atoms with van der Waals surface area (Å²) < 4.78 is 0. The van der Waals surface area contributed by atoms with E-state index in [2.05, 4.69) is 31.3 Å². The summed E-state index contributed by atoms with van der Waals surface area (Å²) in [6.45, 7) is 0. The molecule has 5 N–H and O–H groups in total. The van der Waals surface area contributed by atoms with Gasteiger partial charge < -0.3 is 16.4 Å². The number of nitrogens with one attached hydrogen (secondary N) is 3. The monoisotopic (exact) mass is 427 g/mol. The van der Waals surface area contributed by atoms with Crippen LogP contribution < -0.4 is 16.4 Å². The molecule has 0 aliphatic heterocycles. The number of amides is 2. The molecule has 0 radical (unpaired) electrons. The predicted molar refractivity (Wildman–Crippen MR) is 120 cm³/mol. The fraction of sp³-hybridized carbons (Fsp3) is 0.0870. The highest BCUT2D eigenvalue weighted by Crippen LogP contribution is 2.15. The Morgan fingerprint density at radius 3 is 2.31 bits per heavy atom. The third-order valence-corrected chi connectivity index (χ3v) is 4.85. The van der Waals surface area contributed by atoms with Crippen LogP contribution in [0.4, 0.5) is 11.4 Å². The summed E-state index contributed by atoms with van der Waals surface area (Å²) in [6, 6.07) is 22.3. The van der Waals surface area contributed by atoms with E-state index < -0.39 is 6.04 Å². The highest BCUT2D eigenvalue weighted by molar-refractivity contribution is 6.01. The second kappa shape index (κ2) is 9.52. The largest absolute Gasteiger partial charge is 0.399 e. The van der Waals surface area contributed by atoms with E-state index in [0.717, 1.165) is 11.1 Å². The minimum Gasteiger partial charge on any atom is -0.399 e. The number of nitrogens with zero attached hydrogens (tertiary/aromatic N) is 3. The average Bonchev–Trinajstić information content (AvgIpc) is 3.36. The Bertz CT molecular complexity index is 1180. The molecule has 0 spiro atoms. The summed E-state index contributed by atoms with van der Waals surface area (Å²) >= 11 is 0. The Morgan fingerprint density at radius 2 is 1.66 bits per heavy atom. The average molecular weight is 427 g/mol. The quantitative estimate of drug-likeness (QED) is 0.334. The molecule has 3 aromatic carbocycles. The number of rotatable bonds is 7. The third-order valence-electron chi connectivity index (χ3n) is 4.85. The molecule has 0 aliphatic rings. The number of hydrogen-bond acceptors (Lipinski definition) is 6. The van der Waals surface area contributed by atoms with Gasteiger partial charge in [0.25, 0.3) is 5.91 Å². The fourth-order valence-corrected chi connectivity index (χ4v) is 3.16. The van der Waals surface area contributed by atoms with Crippen molar-refractivity contribution in [1.82, 2.24) is 25.9 Å². The number of hydrogen-bond donors (Lipinski definition) is 4. The van der Waals surface area contributed by atoms with E-state index in [4.69, 9.17) is 5.73 Å². The minimum atomic E-state index is -0.777. The van der Waals surface area contributed by atoms with E-state index in [9.17, 15) is 9.59 Å². The first-order valence-corrected chi connectivity index (χ1v) is 9.94. The Labute approximate surface area is 184 Å². The number of nitrogens with two attached hydrogens (primary N) is 1. The van der Waals surface area contributed by atoms with Crippen molar-refractivity contribution in [2.24, 2.45) is 0 Å². The molecule has 0 fully saturated rings. The van der Waals surface area contributed by atoms with Gasteiger partial charge in [0.05, 0.1) is 0 Å². The van der Waals surface area contributed by atoms with Gasteiger partial charge in [-0.3, -0.25) is 9.59 Å². The van der Waals surface area contributed by atoms with Crippen LogP contribution in [0.2, 0.25) is 0 Å². The van der Waals surface area contributed by atoms with Crippen LogP contribution in [-0.2, 0) is 11.2 Å². The van der Waals surface area contributed by atoms with Gasteiger partial charge in [-0.15, -0.1) is 5.10 Å². The summed E-state index contributed by atoms with van der Waals surface area (Å²) in [4.78, 5) is 25.9. The molecule has 0 bridgehead atoms. The molecule has 0 aliphatic carbocycles. The lowest BCUT2D eigenvalue weighted by Gasteiger charge is -2.19. The molecular formula is C23H21N7O2. The zero-order chi connectivity index (χ0) is 22.3. The van der Waals surface area contributed by atoms with Gasteiger partial charge in [-0.05, 0) is 52.4 Å². The summed E-state index contributed by atoms with van der Waals surface area (Å²) in [5.41, 5.74) is 9.00. The Kier molecular flexibility index (Phi) is 6.17. The van der Waals surface area contributed by atoms with Crippen molar-refractivity contribution in [2.45, 2.75) is 12.5 Å². The molecule has 1 heterocycles. The Morgan fingerprint density at radius 1 is 0.938 bits per heavy atom. The number of tetrazole rings is 1. The number of aromatic nitrogens is 4. The first kappa shape index (κ1) is 20.7. The topological polar surface area (TPSA) is 139 Å². The first-order valence-electron chi connectivity index (χ1n) is 9.94. The molecule has 1 atom stereocenters. The fourth-order valence-electron chi connectivity index (χ4n) is 3.16. The lowest BCUT2D eigenvalue weighted by Crippen LogP contribution is -2.45. The van der Waals surface area contributed by atoms with E-state index in [-0.39, 0.29) is 11.8 Å². The van der Waals surface area contributed by atoms with Gasteiger partial charge in [0, 0.05) is 28.9 Å². The van der Waals surface area contributed by atoms with Crippen molar-refractivity contribution in [3.05, 3.63) is 90.0 Å². The SMILES string of the molecule is Nc1ccc(NC(=O)[C@H](Cc2ccccc2)NC(=O)c2ccc(-c3nnn[nH]3)cc2)cc1. The third kappa shape index (κ3) is 5.14.